The number of nitrogens with one attached hydrogen (secondary N) is 1. The van der Waals surface area contributed by atoms with Crippen LogP contribution in [0.1, 0.15) is 25.3 Å². The molecular formula is C26H29N5O5. The molecule has 0 bridgehead atoms. The van der Waals surface area contributed by atoms with E-state index in [-0.39, 0.29) is 43.1 Å². The Hall–Kier alpha value is -4.08. The predicted octanol–water partition coefficient (Wildman–Crippen LogP) is 2.23. The Kier molecular flexibility index (Phi) is 6.49. The molecule has 2 aromatic carbocycles. The van der Waals surface area contributed by atoms with Gasteiger partial charge in [-0.2, -0.15) is 0 Å². The molecule has 3 aromatic rings. The lowest BCUT2D eigenvalue weighted by molar-refractivity contribution is -0.126. The van der Waals surface area contributed by atoms with Gasteiger partial charge in [0.2, 0.25) is 11.8 Å². The van der Waals surface area contributed by atoms with Crippen LogP contribution in [0, 0.1) is 5.92 Å². The minimum absolute atomic E-state index is 0.0937. The number of carbonyl (C=O) groups excluding carboxylic acids is 2. The monoisotopic (exact) mass is 491 g/mol. The van der Waals surface area contributed by atoms with E-state index in [1.807, 2.05) is 24.3 Å². The van der Waals surface area contributed by atoms with Crippen LogP contribution in [0.5, 0.6) is 11.5 Å². The molecule has 10 nitrogen and oxygen atoms in total. The Balaban J connectivity index is 1.22. The highest BCUT2D eigenvalue weighted by atomic mass is 16.5. The number of methoxy groups -OCH3 is 2. The normalized spacial score (nSPS) is 17.3. The SMILES string of the molecule is COc1ccc(-c2nn(CCNC(=O)C3CC(=O)N(c4ccc(OC)cc4)C3)c(=O)n2C2CC2)cc1. The molecule has 2 amide bonds. The second-order valence-corrected chi connectivity index (χ2v) is 9.05. The topological polar surface area (TPSA) is 108 Å². The Morgan fingerprint density at radius 1 is 1.00 bits per heavy atom. The first-order valence-electron chi connectivity index (χ1n) is 12.0. The third kappa shape index (κ3) is 4.71. The van der Waals surface area contributed by atoms with Crippen molar-refractivity contribution in [2.45, 2.75) is 31.8 Å². The Morgan fingerprint density at radius 2 is 1.64 bits per heavy atom. The molecule has 2 heterocycles. The molecule has 1 saturated carbocycles. The molecule has 10 heteroatoms. The largest absolute Gasteiger partial charge is 0.497 e. The van der Waals surface area contributed by atoms with E-state index < -0.39 is 5.92 Å². The minimum atomic E-state index is -0.449. The van der Waals surface area contributed by atoms with Crippen LogP contribution in [0.2, 0.25) is 0 Å². The quantitative estimate of drug-likeness (QED) is 0.492. The maximum atomic E-state index is 13.1. The van der Waals surface area contributed by atoms with Crippen LogP contribution in [0.15, 0.2) is 53.3 Å². The lowest BCUT2D eigenvalue weighted by Gasteiger charge is -2.17. The Bertz CT molecular complexity index is 1310. The smallest absolute Gasteiger partial charge is 0.346 e. The van der Waals surface area contributed by atoms with Crippen LogP contribution in [0.3, 0.4) is 0 Å². The van der Waals surface area contributed by atoms with Crippen molar-refractivity contribution in [1.29, 1.82) is 0 Å². The van der Waals surface area contributed by atoms with Crippen molar-refractivity contribution in [2.75, 3.05) is 32.2 Å². The minimum Gasteiger partial charge on any atom is -0.497 e. The summed E-state index contributed by atoms with van der Waals surface area (Å²) in [4.78, 5) is 40.0. The molecule has 188 valence electrons. The molecule has 5 rings (SSSR count). The van der Waals surface area contributed by atoms with Gasteiger partial charge >= 0.3 is 5.69 Å². The third-order valence-electron chi connectivity index (χ3n) is 6.63. The zero-order chi connectivity index (χ0) is 25.2. The molecule has 1 saturated heterocycles. The molecule has 2 aliphatic rings. The summed E-state index contributed by atoms with van der Waals surface area (Å²) < 4.78 is 13.5. The first-order chi connectivity index (χ1) is 17.5. The van der Waals surface area contributed by atoms with Gasteiger partial charge in [-0.1, -0.05) is 0 Å². The summed E-state index contributed by atoms with van der Waals surface area (Å²) in [7, 11) is 3.19. The number of carbonyl (C=O) groups is 2. The highest BCUT2D eigenvalue weighted by Gasteiger charge is 2.35. The zero-order valence-electron chi connectivity index (χ0n) is 20.3. The average molecular weight is 492 g/mol. The fourth-order valence-electron chi connectivity index (χ4n) is 4.49. The van der Waals surface area contributed by atoms with Crippen molar-refractivity contribution in [2.24, 2.45) is 5.92 Å². The molecule has 2 fully saturated rings. The number of rotatable bonds is 9. The fourth-order valence-corrected chi connectivity index (χ4v) is 4.49. The van der Waals surface area contributed by atoms with Gasteiger partial charge in [-0.3, -0.25) is 14.2 Å². The van der Waals surface area contributed by atoms with Gasteiger partial charge in [0.15, 0.2) is 5.82 Å². The third-order valence-corrected chi connectivity index (χ3v) is 6.63. The number of anilines is 1. The summed E-state index contributed by atoms with van der Waals surface area (Å²) in [6.45, 7) is 0.806. The van der Waals surface area contributed by atoms with Gasteiger partial charge in [0.05, 0.1) is 26.7 Å². The van der Waals surface area contributed by atoms with Gasteiger partial charge < -0.3 is 19.7 Å². The predicted molar refractivity (Wildman–Crippen MR) is 133 cm³/mol. The van der Waals surface area contributed by atoms with Gasteiger partial charge in [0, 0.05) is 36.8 Å². The maximum absolute atomic E-state index is 13.1. The summed E-state index contributed by atoms with van der Waals surface area (Å²) in [5.74, 6) is 1.31. The van der Waals surface area contributed by atoms with E-state index in [1.165, 1.54) is 4.68 Å². The van der Waals surface area contributed by atoms with Crippen molar-refractivity contribution in [3.05, 3.63) is 59.0 Å². The number of ether oxygens (including phenoxy) is 2. The number of amides is 2. The van der Waals surface area contributed by atoms with Crippen molar-refractivity contribution in [1.82, 2.24) is 19.7 Å². The first kappa shape index (κ1) is 23.7. The second kappa shape index (κ2) is 9.88. The van der Waals surface area contributed by atoms with Crippen molar-refractivity contribution < 1.29 is 19.1 Å². The first-order valence-corrected chi connectivity index (χ1v) is 12.0. The Morgan fingerprint density at radius 3 is 2.25 bits per heavy atom. The standard InChI is InChI=1S/C26H29N5O5/c1-35-21-9-3-17(4-10-21)24-28-30(26(34)31(24)20-5-6-20)14-13-27-25(33)18-15-23(32)29(16-18)19-7-11-22(36-2)12-8-19/h3-4,7-12,18,20H,5-6,13-16H2,1-2H3,(H,27,33). The van der Waals surface area contributed by atoms with Gasteiger partial charge in [0.25, 0.3) is 0 Å². The van der Waals surface area contributed by atoms with Crippen LogP contribution in [0.4, 0.5) is 5.69 Å². The van der Waals surface area contributed by atoms with Crippen LogP contribution in [-0.2, 0) is 16.1 Å². The van der Waals surface area contributed by atoms with Crippen molar-refractivity contribution in [3.8, 4) is 22.9 Å². The molecule has 0 radical (unpaired) electrons. The molecule has 1 unspecified atom stereocenters. The molecule has 0 spiro atoms. The molecule has 1 atom stereocenters. The molecular weight excluding hydrogens is 462 g/mol. The number of benzene rings is 2. The summed E-state index contributed by atoms with van der Waals surface area (Å²) in [5, 5.41) is 7.45. The second-order valence-electron chi connectivity index (χ2n) is 9.05. The fraction of sp³-hybridized carbons (Fsp3) is 0.385. The van der Waals surface area contributed by atoms with Crippen LogP contribution >= 0.6 is 0 Å². The van der Waals surface area contributed by atoms with Crippen LogP contribution in [0.25, 0.3) is 11.4 Å². The van der Waals surface area contributed by atoms with E-state index in [9.17, 15) is 14.4 Å². The van der Waals surface area contributed by atoms with Crippen LogP contribution in [-0.4, -0.2) is 53.5 Å². The van der Waals surface area contributed by atoms with E-state index in [2.05, 4.69) is 10.4 Å². The number of nitrogens with zero attached hydrogens (tertiary/aromatic N) is 4. The van der Waals surface area contributed by atoms with E-state index in [0.29, 0.717) is 18.1 Å². The van der Waals surface area contributed by atoms with Crippen molar-refractivity contribution in [3.63, 3.8) is 0 Å². The average Bonchev–Trinajstić information content (AvgIpc) is 3.59. The van der Waals surface area contributed by atoms with Gasteiger partial charge in [-0.15, -0.1) is 5.10 Å². The number of hydrogen-bond donors (Lipinski definition) is 1. The zero-order valence-corrected chi connectivity index (χ0v) is 20.3. The highest BCUT2D eigenvalue weighted by Crippen LogP contribution is 2.36. The lowest BCUT2D eigenvalue weighted by atomic mass is 10.1. The van der Waals surface area contributed by atoms with Gasteiger partial charge in [-0.05, 0) is 61.4 Å². The molecule has 1 N–H and O–H groups in total. The van der Waals surface area contributed by atoms with E-state index in [4.69, 9.17) is 9.47 Å². The van der Waals surface area contributed by atoms with E-state index in [1.54, 1.807) is 48.0 Å². The summed E-state index contributed by atoms with van der Waals surface area (Å²) in [6, 6.07) is 14.8. The molecule has 1 aliphatic carbocycles. The maximum Gasteiger partial charge on any atom is 0.346 e. The van der Waals surface area contributed by atoms with Crippen molar-refractivity contribution >= 4 is 17.5 Å². The summed E-state index contributed by atoms with van der Waals surface area (Å²) in [5.41, 5.74) is 1.39. The number of aromatic nitrogens is 3. The molecule has 36 heavy (non-hydrogen) atoms. The molecule has 1 aromatic heterocycles. The van der Waals surface area contributed by atoms with E-state index >= 15 is 0 Å². The lowest BCUT2D eigenvalue weighted by Crippen LogP contribution is -2.36. The van der Waals surface area contributed by atoms with Gasteiger partial charge in [-0.25, -0.2) is 9.48 Å². The summed E-state index contributed by atoms with van der Waals surface area (Å²) >= 11 is 0. The van der Waals surface area contributed by atoms with Crippen LogP contribution < -0.4 is 25.4 Å². The highest BCUT2D eigenvalue weighted by molar-refractivity contribution is 6.00. The molecule has 1 aliphatic heterocycles. The summed E-state index contributed by atoms with van der Waals surface area (Å²) in [6.07, 6.45) is 2.05. The van der Waals surface area contributed by atoms with Gasteiger partial charge in [0.1, 0.15) is 11.5 Å². The van der Waals surface area contributed by atoms with E-state index in [0.717, 1.165) is 29.8 Å². The Labute approximate surface area is 208 Å². The number of hydrogen-bond acceptors (Lipinski definition) is 6.